The van der Waals surface area contributed by atoms with Gasteiger partial charge in [0.1, 0.15) is 0 Å². The van der Waals surface area contributed by atoms with Gasteiger partial charge in [-0.15, -0.1) is 0 Å². The lowest BCUT2D eigenvalue weighted by Gasteiger charge is -2.27. The molecule has 1 aromatic carbocycles. The Morgan fingerprint density at radius 3 is 2.95 bits per heavy atom. The van der Waals surface area contributed by atoms with Crippen LogP contribution in [-0.2, 0) is 6.18 Å². The van der Waals surface area contributed by atoms with E-state index in [1.807, 2.05) is 0 Å². The molecule has 0 spiro atoms. The lowest BCUT2D eigenvalue weighted by atomic mass is 10.1. The molecule has 0 radical (unpaired) electrons. The Morgan fingerprint density at radius 1 is 1.27 bits per heavy atom. The average molecular weight is 306 g/mol. The van der Waals surface area contributed by atoms with Crippen molar-refractivity contribution in [2.45, 2.75) is 18.6 Å². The minimum absolute atomic E-state index is 0.305. The summed E-state index contributed by atoms with van der Waals surface area (Å²) in [5.41, 5.74) is 0.597. The molecule has 2 aliphatic heterocycles. The van der Waals surface area contributed by atoms with Gasteiger partial charge in [0, 0.05) is 24.7 Å². The highest BCUT2D eigenvalue weighted by Crippen LogP contribution is 2.35. The van der Waals surface area contributed by atoms with Crippen molar-refractivity contribution in [1.29, 1.82) is 0 Å². The highest BCUT2D eigenvalue weighted by atomic mass is 19.4. The largest absolute Gasteiger partial charge is 0.416 e. The van der Waals surface area contributed by atoms with E-state index < -0.39 is 11.7 Å². The maximum Gasteiger partial charge on any atom is 0.416 e. The molecule has 7 heteroatoms. The fraction of sp³-hybridized carbons (Fsp3) is 0.333. The predicted molar refractivity (Wildman–Crippen MR) is 76.7 cm³/mol. The number of hydrogen-bond donors (Lipinski definition) is 1. The topological polar surface area (TPSA) is 41.1 Å². The Kier molecular flexibility index (Phi) is 2.79. The number of alkyl halides is 3. The summed E-state index contributed by atoms with van der Waals surface area (Å²) in [5.74, 6) is 1.01. The fourth-order valence-corrected chi connectivity index (χ4v) is 2.98. The molecule has 0 saturated carbocycles. The standard InChI is InChI=1S/C15H13F3N4/c16-15(17,18)10-3-1-2-9(6-10)13-19-7-12-14(21-13)20-11-4-5-22(12)8-11/h1-3,6-7,11H,4-5,8H2,(H,19,20,21). The first-order valence-electron chi connectivity index (χ1n) is 7.07. The number of nitrogens with one attached hydrogen (secondary N) is 1. The summed E-state index contributed by atoms with van der Waals surface area (Å²) in [6.45, 7) is 1.89. The van der Waals surface area contributed by atoms with Crippen molar-refractivity contribution in [1.82, 2.24) is 9.97 Å². The quantitative estimate of drug-likeness (QED) is 0.878. The zero-order chi connectivity index (χ0) is 15.3. The van der Waals surface area contributed by atoms with Crippen LogP contribution >= 0.6 is 0 Å². The molecule has 1 N–H and O–H groups in total. The molecule has 4 rings (SSSR count). The van der Waals surface area contributed by atoms with Gasteiger partial charge in [-0.25, -0.2) is 9.97 Å². The van der Waals surface area contributed by atoms with E-state index in [1.165, 1.54) is 6.07 Å². The van der Waals surface area contributed by atoms with E-state index >= 15 is 0 Å². The molecule has 1 saturated heterocycles. The lowest BCUT2D eigenvalue weighted by Crippen LogP contribution is -2.32. The molecule has 1 unspecified atom stereocenters. The molecule has 0 aliphatic carbocycles. The molecule has 22 heavy (non-hydrogen) atoms. The summed E-state index contributed by atoms with van der Waals surface area (Å²) in [6, 6.07) is 5.46. The Bertz CT molecular complexity index is 729. The van der Waals surface area contributed by atoms with Gasteiger partial charge in [-0.3, -0.25) is 0 Å². The molecule has 1 atom stereocenters. The van der Waals surface area contributed by atoms with Crippen LogP contribution < -0.4 is 10.2 Å². The van der Waals surface area contributed by atoms with Gasteiger partial charge in [-0.05, 0) is 18.6 Å². The van der Waals surface area contributed by atoms with Crippen LogP contribution in [-0.4, -0.2) is 29.1 Å². The second-order valence-electron chi connectivity index (χ2n) is 5.58. The van der Waals surface area contributed by atoms with E-state index in [2.05, 4.69) is 20.2 Å². The van der Waals surface area contributed by atoms with Crippen LogP contribution in [0.1, 0.15) is 12.0 Å². The van der Waals surface area contributed by atoms with Crippen molar-refractivity contribution in [2.75, 3.05) is 23.3 Å². The summed E-state index contributed by atoms with van der Waals surface area (Å²) >= 11 is 0. The third kappa shape index (κ3) is 2.17. The van der Waals surface area contributed by atoms with E-state index in [0.717, 1.165) is 37.3 Å². The van der Waals surface area contributed by atoms with E-state index in [4.69, 9.17) is 0 Å². The fourth-order valence-electron chi connectivity index (χ4n) is 2.98. The predicted octanol–water partition coefficient (Wildman–Crippen LogP) is 3.17. The van der Waals surface area contributed by atoms with Crippen molar-refractivity contribution >= 4 is 11.5 Å². The van der Waals surface area contributed by atoms with Crippen LogP contribution in [0.3, 0.4) is 0 Å². The van der Waals surface area contributed by atoms with E-state index in [9.17, 15) is 13.2 Å². The summed E-state index contributed by atoms with van der Waals surface area (Å²) in [6.07, 6.45) is -1.64. The minimum atomic E-state index is -4.37. The number of fused-ring (bicyclic) bond motifs is 4. The zero-order valence-electron chi connectivity index (χ0n) is 11.6. The van der Waals surface area contributed by atoms with Gasteiger partial charge in [0.25, 0.3) is 0 Å². The molecule has 0 amide bonds. The molecule has 1 aromatic heterocycles. The van der Waals surface area contributed by atoms with Crippen molar-refractivity contribution in [3.63, 3.8) is 0 Å². The van der Waals surface area contributed by atoms with Crippen molar-refractivity contribution in [3.8, 4) is 11.4 Å². The third-order valence-electron chi connectivity index (χ3n) is 4.09. The first-order valence-corrected chi connectivity index (χ1v) is 7.07. The number of benzene rings is 1. The number of aromatic nitrogens is 2. The van der Waals surface area contributed by atoms with Crippen molar-refractivity contribution in [3.05, 3.63) is 36.0 Å². The van der Waals surface area contributed by atoms with Crippen molar-refractivity contribution in [2.24, 2.45) is 0 Å². The number of nitrogens with zero attached hydrogens (tertiary/aromatic N) is 3. The van der Waals surface area contributed by atoms with Crippen molar-refractivity contribution < 1.29 is 13.2 Å². The first-order chi connectivity index (χ1) is 10.5. The maximum absolute atomic E-state index is 12.8. The Balaban J connectivity index is 1.74. The van der Waals surface area contributed by atoms with Crippen LogP contribution in [0.25, 0.3) is 11.4 Å². The molecular formula is C15H13F3N4. The van der Waals surface area contributed by atoms with E-state index in [0.29, 0.717) is 23.2 Å². The maximum atomic E-state index is 12.8. The van der Waals surface area contributed by atoms with E-state index in [1.54, 1.807) is 12.3 Å². The molecule has 2 aromatic rings. The van der Waals surface area contributed by atoms with Crippen LogP contribution in [0.2, 0.25) is 0 Å². The summed E-state index contributed by atoms with van der Waals surface area (Å²) in [5, 5.41) is 3.33. The summed E-state index contributed by atoms with van der Waals surface area (Å²) in [7, 11) is 0. The summed E-state index contributed by atoms with van der Waals surface area (Å²) < 4.78 is 38.4. The monoisotopic (exact) mass is 306 g/mol. The number of hydrogen-bond acceptors (Lipinski definition) is 4. The lowest BCUT2D eigenvalue weighted by molar-refractivity contribution is -0.137. The van der Waals surface area contributed by atoms with Crippen LogP contribution in [0, 0.1) is 0 Å². The molecular weight excluding hydrogens is 293 g/mol. The Morgan fingerprint density at radius 2 is 2.14 bits per heavy atom. The SMILES string of the molecule is FC(F)(F)c1cccc(-c2ncc3c(n2)NC2CCN3C2)c1. The van der Waals surface area contributed by atoms with Crippen LogP contribution in [0.4, 0.5) is 24.7 Å². The molecule has 1 fully saturated rings. The highest BCUT2D eigenvalue weighted by Gasteiger charge is 2.32. The van der Waals surface area contributed by atoms with Gasteiger partial charge in [0.05, 0.1) is 17.4 Å². The average Bonchev–Trinajstić information content (AvgIpc) is 2.88. The summed E-state index contributed by atoms with van der Waals surface area (Å²) in [4.78, 5) is 10.9. The number of anilines is 2. The number of halogens is 3. The molecule has 2 bridgehead atoms. The highest BCUT2D eigenvalue weighted by molar-refractivity contribution is 5.72. The van der Waals surface area contributed by atoms with Crippen LogP contribution in [0.15, 0.2) is 30.5 Å². The molecule has 114 valence electrons. The van der Waals surface area contributed by atoms with Gasteiger partial charge < -0.3 is 10.2 Å². The molecule has 4 nitrogen and oxygen atoms in total. The number of rotatable bonds is 1. The van der Waals surface area contributed by atoms with E-state index in [-0.39, 0.29) is 0 Å². The van der Waals surface area contributed by atoms with Gasteiger partial charge in [0.2, 0.25) is 0 Å². The Hall–Kier alpha value is -2.31. The minimum Gasteiger partial charge on any atom is -0.365 e. The first kappa shape index (κ1) is 13.4. The normalized spacial score (nSPS) is 19.8. The second-order valence-corrected chi connectivity index (χ2v) is 5.58. The van der Waals surface area contributed by atoms with Gasteiger partial charge in [-0.1, -0.05) is 12.1 Å². The van der Waals surface area contributed by atoms with Crippen LogP contribution in [0.5, 0.6) is 0 Å². The van der Waals surface area contributed by atoms with Gasteiger partial charge in [0.15, 0.2) is 11.6 Å². The Labute approximate surface area is 125 Å². The zero-order valence-corrected chi connectivity index (χ0v) is 11.6. The second kappa shape index (κ2) is 4.59. The molecule has 2 aliphatic rings. The smallest absolute Gasteiger partial charge is 0.365 e. The van der Waals surface area contributed by atoms with Gasteiger partial charge >= 0.3 is 6.18 Å². The van der Waals surface area contributed by atoms with Gasteiger partial charge in [-0.2, -0.15) is 13.2 Å². The molecule has 3 heterocycles. The third-order valence-corrected chi connectivity index (χ3v) is 4.09.